The number of aromatic amines is 1. The molecular formula is C27H38FN5O3. The van der Waals surface area contributed by atoms with Gasteiger partial charge in [0.1, 0.15) is 17.4 Å². The van der Waals surface area contributed by atoms with Gasteiger partial charge >= 0.3 is 0 Å². The Morgan fingerprint density at radius 2 is 1.97 bits per heavy atom. The topological polar surface area (TPSA) is 107 Å². The highest BCUT2D eigenvalue weighted by molar-refractivity contribution is 5.93. The second kappa shape index (κ2) is 10.6. The maximum atomic E-state index is 14.1. The van der Waals surface area contributed by atoms with Crippen molar-refractivity contribution in [3.05, 3.63) is 29.8 Å². The number of likely N-dealkylation sites (tertiary alicyclic amines) is 1. The summed E-state index contributed by atoms with van der Waals surface area (Å²) in [6.07, 6.45) is 5.29. The van der Waals surface area contributed by atoms with Crippen LogP contribution in [-0.4, -0.2) is 51.2 Å². The quantitative estimate of drug-likeness (QED) is 0.511. The summed E-state index contributed by atoms with van der Waals surface area (Å²) in [4.78, 5) is 48.8. The van der Waals surface area contributed by atoms with Crippen molar-refractivity contribution in [3.8, 4) is 0 Å². The van der Waals surface area contributed by atoms with E-state index in [-0.39, 0.29) is 41.1 Å². The third-order valence-corrected chi connectivity index (χ3v) is 7.65. The molecule has 2 unspecified atom stereocenters. The van der Waals surface area contributed by atoms with Crippen LogP contribution in [0.15, 0.2) is 18.2 Å². The molecule has 1 saturated carbocycles. The van der Waals surface area contributed by atoms with Crippen molar-refractivity contribution in [1.29, 1.82) is 0 Å². The molecule has 1 aromatic carbocycles. The number of imidazole rings is 1. The Hall–Kier alpha value is -2.97. The van der Waals surface area contributed by atoms with E-state index >= 15 is 0 Å². The number of carbonyl (C=O) groups is 3. The van der Waals surface area contributed by atoms with Crippen LogP contribution in [0.4, 0.5) is 4.39 Å². The molecule has 1 aliphatic carbocycles. The van der Waals surface area contributed by atoms with Crippen LogP contribution in [0.2, 0.25) is 0 Å². The first-order valence-corrected chi connectivity index (χ1v) is 13.1. The Kier molecular flexibility index (Phi) is 7.66. The molecule has 2 aromatic rings. The molecule has 196 valence electrons. The third-order valence-electron chi connectivity index (χ3n) is 7.65. The van der Waals surface area contributed by atoms with Gasteiger partial charge in [0.15, 0.2) is 5.82 Å². The van der Waals surface area contributed by atoms with Crippen molar-refractivity contribution in [2.45, 2.75) is 90.8 Å². The molecule has 2 aliphatic rings. The SMILES string of the molecule is CC[C@H]1CCCCN1C(=O)CC(NC(=O)C1CC(C)(C)C1)C(=O)NC(C)c1nc2c(F)cccc2[nH]1. The molecule has 0 spiro atoms. The monoisotopic (exact) mass is 499 g/mol. The van der Waals surface area contributed by atoms with Gasteiger partial charge in [-0.05, 0) is 63.0 Å². The number of rotatable bonds is 8. The number of H-pyrrole nitrogens is 1. The van der Waals surface area contributed by atoms with E-state index in [0.717, 1.165) is 38.5 Å². The fourth-order valence-corrected chi connectivity index (χ4v) is 5.61. The summed E-state index contributed by atoms with van der Waals surface area (Å²) in [6.45, 7) is 8.71. The van der Waals surface area contributed by atoms with Crippen LogP contribution in [0, 0.1) is 17.2 Å². The lowest BCUT2D eigenvalue weighted by Gasteiger charge is -2.42. The average Bonchev–Trinajstić information content (AvgIpc) is 3.28. The van der Waals surface area contributed by atoms with Gasteiger partial charge in [-0.25, -0.2) is 9.37 Å². The number of amides is 3. The molecule has 36 heavy (non-hydrogen) atoms. The molecule has 3 atom stereocenters. The molecule has 0 radical (unpaired) electrons. The molecular weight excluding hydrogens is 461 g/mol. The predicted octanol–water partition coefficient (Wildman–Crippen LogP) is 3.98. The van der Waals surface area contributed by atoms with Gasteiger partial charge in [-0.3, -0.25) is 14.4 Å². The normalized spacial score (nSPS) is 21.5. The lowest BCUT2D eigenvalue weighted by Crippen LogP contribution is -2.54. The van der Waals surface area contributed by atoms with Crippen LogP contribution in [0.5, 0.6) is 0 Å². The van der Waals surface area contributed by atoms with Gasteiger partial charge in [-0.1, -0.05) is 26.8 Å². The van der Waals surface area contributed by atoms with Gasteiger partial charge in [0.2, 0.25) is 17.7 Å². The first-order chi connectivity index (χ1) is 17.1. The maximum absolute atomic E-state index is 14.1. The number of piperidine rings is 1. The zero-order chi connectivity index (χ0) is 26.0. The Bertz CT molecular complexity index is 1120. The van der Waals surface area contributed by atoms with Crippen LogP contribution in [0.3, 0.4) is 0 Å². The van der Waals surface area contributed by atoms with E-state index in [0.29, 0.717) is 17.9 Å². The minimum Gasteiger partial charge on any atom is -0.345 e. The summed E-state index contributed by atoms with van der Waals surface area (Å²) < 4.78 is 14.1. The van der Waals surface area contributed by atoms with Gasteiger partial charge < -0.3 is 20.5 Å². The van der Waals surface area contributed by atoms with Crippen LogP contribution in [-0.2, 0) is 14.4 Å². The third kappa shape index (κ3) is 5.71. The molecule has 1 saturated heterocycles. The number of aromatic nitrogens is 2. The molecule has 2 heterocycles. The van der Waals surface area contributed by atoms with Crippen LogP contribution in [0.25, 0.3) is 11.0 Å². The number of para-hydroxylation sites is 1. The Balaban J connectivity index is 1.48. The smallest absolute Gasteiger partial charge is 0.243 e. The molecule has 4 rings (SSSR count). The molecule has 3 amide bonds. The van der Waals surface area contributed by atoms with Crippen molar-refractivity contribution >= 4 is 28.8 Å². The number of nitrogens with zero attached hydrogens (tertiary/aromatic N) is 2. The Labute approximate surface area is 211 Å². The highest BCUT2D eigenvalue weighted by atomic mass is 19.1. The highest BCUT2D eigenvalue weighted by Crippen LogP contribution is 2.44. The minimum atomic E-state index is -0.989. The number of nitrogens with one attached hydrogen (secondary N) is 3. The summed E-state index contributed by atoms with van der Waals surface area (Å²) in [7, 11) is 0. The summed E-state index contributed by atoms with van der Waals surface area (Å²) in [5.41, 5.74) is 0.856. The van der Waals surface area contributed by atoms with Gasteiger partial charge in [-0.2, -0.15) is 0 Å². The zero-order valence-electron chi connectivity index (χ0n) is 21.7. The summed E-state index contributed by atoms with van der Waals surface area (Å²) in [5, 5.41) is 5.73. The second-order valence-corrected chi connectivity index (χ2v) is 11.2. The summed E-state index contributed by atoms with van der Waals surface area (Å²) in [6, 6.07) is 3.25. The standard InChI is InChI=1S/C27H38FN5O3/c1-5-18-9-6-7-12-33(18)22(34)13-21(31-25(35)17-14-27(3,4)15-17)26(36)29-16(2)24-30-20-11-8-10-19(28)23(20)32-24/h8,10-11,16-18,21H,5-7,9,12-15H2,1-4H3,(H,29,36)(H,30,32)(H,31,35)/t16?,18-,21?/m0/s1. The fraction of sp³-hybridized carbons (Fsp3) is 0.630. The van der Waals surface area contributed by atoms with Gasteiger partial charge in [0.05, 0.1) is 18.0 Å². The van der Waals surface area contributed by atoms with Crippen LogP contribution in [0.1, 0.15) is 84.5 Å². The van der Waals surface area contributed by atoms with E-state index in [1.807, 2.05) is 4.90 Å². The van der Waals surface area contributed by atoms with Crippen molar-refractivity contribution in [3.63, 3.8) is 0 Å². The van der Waals surface area contributed by atoms with Crippen LogP contribution < -0.4 is 10.6 Å². The largest absolute Gasteiger partial charge is 0.345 e. The van der Waals surface area contributed by atoms with Crippen molar-refractivity contribution in [2.24, 2.45) is 11.3 Å². The summed E-state index contributed by atoms with van der Waals surface area (Å²) in [5.74, 6) is -0.948. The fourth-order valence-electron chi connectivity index (χ4n) is 5.61. The predicted molar refractivity (Wildman–Crippen MR) is 135 cm³/mol. The lowest BCUT2D eigenvalue weighted by molar-refractivity contribution is -0.140. The molecule has 9 heteroatoms. The molecule has 2 fully saturated rings. The van der Waals surface area contributed by atoms with E-state index in [2.05, 4.69) is 41.4 Å². The zero-order valence-corrected chi connectivity index (χ0v) is 21.7. The van der Waals surface area contributed by atoms with Crippen molar-refractivity contribution in [2.75, 3.05) is 6.54 Å². The molecule has 8 nitrogen and oxygen atoms in total. The van der Waals surface area contributed by atoms with Crippen molar-refractivity contribution < 1.29 is 18.8 Å². The average molecular weight is 500 g/mol. The van der Waals surface area contributed by atoms with E-state index < -0.39 is 23.8 Å². The second-order valence-electron chi connectivity index (χ2n) is 11.2. The van der Waals surface area contributed by atoms with E-state index in [9.17, 15) is 18.8 Å². The molecule has 0 bridgehead atoms. The van der Waals surface area contributed by atoms with Crippen molar-refractivity contribution in [1.82, 2.24) is 25.5 Å². The van der Waals surface area contributed by atoms with Gasteiger partial charge in [0.25, 0.3) is 0 Å². The number of fused-ring (bicyclic) bond motifs is 1. The molecule has 1 aliphatic heterocycles. The summed E-state index contributed by atoms with van der Waals surface area (Å²) >= 11 is 0. The molecule has 3 N–H and O–H groups in total. The lowest BCUT2D eigenvalue weighted by atomic mass is 9.64. The van der Waals surface area contributed by atoms with Gasteiger partial charge in [-0.15, -0.1) is 0 Å². The minimum absolute atomic E-state index is 0.0916. The maximum Gasteiger partial charge on any atom is 0.243 e. The van der Waals surface area contributed by atoms with Crippen LogP contribution >= 0.6 is 0 Å². The molecule has 1 aromatic heterocycles. The Morgan fingerprint density at radius 1 is 1.22 bits per heavy atom. The number of benzene rings is 1. The highest BCUT2D eigenvalue weighted by Gasteiger charge is 2.42. The van der Waals surface area contributed by atoms with E-state index in [4.69, 9.17) is 0 Å². The number of halogens is 1. The van der Waals surface area contributed by atoms with E-state index in [1.165, 1.54) is 6.07 Å². The Morgan fingerprint density at radius 3 is 2.64 bits per heavy atom. The number of hydrogen-bond acceptors (Lipinski definition) is 4. The number of carbonyl (C=O) groups excluding carboxylic acids is 3. The first kappa shape index (κ1) is 26.1. The first-order valence-electron chi connectivity index (χ1n) is 13.1. The van der Waals surface area contributed by atoms with E-state index in [1.54, 1.807) is 19.1 Å². The van der Waals surface area contributed by atoms with Gasteiger partial charge in [0, 0.05) is 18.5 Å². The number of hydrogen-bond donors (Lipinski definition) is 3.